The Morgan fingerprint density at radius 2 is 1.78 bits per heavy atom. The Labute approximate surface area is 112 Å². The minimum Gasteiger partial charge on any atom is -0.381 e. The van der Waals surface area contributed by atoms with Gasteiger partial charge in [0.05, 0.1) is 18.3 Å². The third kappa shape index (κ3) is 5.83. The van der Waals surface area contributed by atoms with Gasteiger partial charge in [-0.15, -0.1) is 0 Å². The molecule has 0 spiro atoms. The van der Waals surface area contributed by atoms with E-state index in [1.807, 2.05) is 0 Å². The van der Waals surface area contributed by atoms with Gasteiger partial charge in [-0.3, -0.25) is 0 Å². The van der Waals surface area contributed by atoms with Gasteiger partial charge in [-0.2, -0.15) is 0 Å². The Bertz CT molecular complexity index is 313. The van der Waals surface area contributed by atoms with Gasteiger partial charge in [0.25, 0.3) is 0 Å². The molecule has 0 aliphatic carbocycles. The average Bonchev–Trinajstić information content (AvgIpc) is 2.92. The molecule has 0 amide bonds. The van der Waals surface area contributed by atoms with Crippen molar-refractivity contribution in [2.45, 2.75) is 65.1 Å². The van der Waals surface area contributed by atoms with E-state index in [1.165, 1.54) is 11.1 Å². The summed E-state index contributed by atoms with van der Waals surface area (Å²) in [6, 6.07) is 0. The quantitative estimate of drug-likeness (QED) is 0.475. The van der Waals surface area contributed by atoms with Crippen LogP contribution in [0.5, 0.6) is 0 Å². The standard InChI is InChI=1S/C16H28O2/c1-13(9-10-15-16(3,4)18-15)7-6-8-14(2)11-12-17-5/h7,11,15H,6,8-10,12H2,1-5H3/b13-7+,14-11+. The van der Waals surface area contributed by atoms with Crippen LogP contribution in [0.2, 0.25) is 0 Å². The predicted octanol–water partition coefficient (Wildman–Crippen LogP) is 4.26. The maximum Gasteiger partial charge on any atom is 0.0892 e. The van der Waals surface area contributed by atoms with Crippen molar-refractivity contribution in [3.05, 3.63) is 23.3 Å². The van der Waals surface area contributed by atoms with Crippen LogP contribution in [0.25, 0.3) is 0 Å². The van der Waals surface area contributed by atoms with Crippen LogP contribution in [0.1, 0.15) is 53.4 Å². The molecule has 1 unspecified atom stereocenters. The van der Waals surface area contributed by atoms with Gasteiger partial charge in [0.1, 0.15) is 0 Å². The third-order valence-electron chi connectivity index (χ3n) is 3.59. The summed E-state index contributed by atoms with van der Waals surface area (Å²) in [5.41, 5.74) is 3.04. The molecule has 0 radical (unpaired) electrons. The Kier molecular flexibility index (Phi) is 6.10. The topological polar surface area (TPSA) is 21.8 Å². The van der Waals surface area contributed by atoms with Crippen LogP contribution in [0.4, 0.5) is 0 Å². The van der Waals surface area contributed by atoms with Crippen LogP contribution in [0.15, 0.2) is 23.3 Å². The molecule has 2 nitrogen and oxygen atoms in total. The van der Waals surface area contributed by atoms with Crippen molar-refractivity contribution < 1.29 is 9.47 Å². The van der Waals surface area contributed by atoms with Crippen LogP contribution < -0.4 is 0 Å². The van der Waals surface area contributed by atoms with E-state index in [9.17, 15) is 0 Å². The molecular formula is C16H28O2. The van der Waals surface area contributed by atoms with Crippen LogP contribution >= 0.6 is 0 Å². The fraction of sp³-hybridized carbons (Fsp3) is 0.750. The van der Waals surface area contributed by atoms with Gasteiger partial charge in [-0.1, -0.05) is 23.3 Å². The first-order valence-electron chi connectivity index (χ1n) is 6.93. The number of ether oxygens (including phenoxy) is 2. The molecule has 0 aromatic carbocycles. The number of rotatable bonds is 8. The summed E-state index contributed by atoms with van der Waals surface area (Å²) in [6.07, 6.45) is 9.58. The van der Waals surface area contributed by atoms with E-state index in [1.54, 1.807) is 7.11 Å². The second-order valence-electron chi connectivity index (χ2n) is 5.84. The Morgan fingerprint density at radius 3 is 2.33 bits per heavy atom. The second kappa shape index (κ2) is 7.10. The SMILES string of the molecule is COC/C=C(\C)CC/C=C(\C)CCC1OC1(C)C. The highest BCUT2D eigenvalue weighted by Crippen LogP contribution is 2.38. The molecule has 104 valence electrons. The van der Waals surface area contributed by atoms with Crippen LogP contribution in [0.3, 0.4) is 0 Å². The summed E-state index contributed by atoms with van der Waals surface area (Å²) in [5.74, 6) is 0. The molecule has 2 heteroatoms. The fourth-order valence-electron chi connectivity index (χ4n) is 2.07. The zero-order valence-electron chi connectivity index (χ0n) is 12.6. The normalized spacial score (nSPS) is 23.3. The summed E-state index contributed by atoms with van der Waals surface area (Å²) in [6.45, 7) is 9.45. The zero-order valence-corrected chi connectivity index (χ0v) is 12.6. The predicted molar refractivity (Wildman–Crippen MR) is 76.8 cm³/mol. The van der Waals surface area contributed by atoms with Crippen molar-refractivity contribution >= 4 is 0 Å². The van der Waals surface area contributed by atoms with Gasteiger partial charge < -0.3 is 9.47 Å². The van der Waals surface area contributed by atoms with E-state index in [0.29, 0.717) is 6.10 Å². The van der Waals surface area contributed by atoms with E-state index >= 15 is 0 Å². The largest absolute Gasteiger partial charge is 0.381 e. The highest BCUT2D eigenvalue weighted by atomic mass is 16.6. The number of hydrogen-bond donors (Lipinski definition) is 0. The minimum atomic E-state index is 0.139. The molecular weight excluding hydrogens is 224 g/mol. The number of hydrogen-bond acceptors (Lipinski definition) is 2. The van der Waals surface area contributed by atoms with Crippen molar-refractivity contribution in [1.82, 2.24) is 0 Å². The van der Waals surface area contributed by atoms with Gasteiger partial charge >= 0.3 is 0 Å². The minimum absolute atomic E-state index is 0.139. The Morgan fingerprint density at radius 1 is 1.17 bits per heavy atom. The summed E-state index contributed by atoms with van der Waals surface area (Å²) >= 11 is 0. The lowest BCUT2D eigenvalue weighted by atomic mass is 10.0. The lowest BCUT2D eigenvalue weighted by molar-refractivity contribution is 0.233. The van der Waals surface area contributed by atoms with E-state index in [-0.39, 0.29) is 5.60 Å². The van der Waals surface area contributed by atoms with Gasteiger partial charge in [-0.25, -0.2) is 0 Å². The van der Waals surface area contributed by atoms with Crippen LogP contribution in [-0.2, 0) is 9.47 Å². The van der Waals surface area contributed by atoms with Gasteiger partial charge in [0.15, 0.2) is 0 Å². The fourth-order valence-corrected chi connectivity index (χ4v) is 2.07. The molecule has 0 bridgehead atoms. The molecule has 0 aromatic heterocycles. The lowest BCUT2D eigenvalue weighted by Crippen LogP contribution is -2.02. The second-order valence-corrected chi connectivity index (χ2v) is 5.84. The van der Waals surface area contributed by atoms with E-state index in [2.05, 4.69) is 39.8 Å². The molecule has 1 rings (SSSR count). The summed E-state index contributed by atoms with van der Waals surface area (Å²) in [5, 5.41) is 0. The highest BCUT2D eigenvalue weighted by molar-refractivity contribution is 5.05. The van der Waals surface area contributed by atoms with Crippen molar-refractivity contribution in [2.24, 2.45) is 0 Å². The van der Waals surface area contributed by atoms with E-state index in [0.717, 1.165) is 32.3 Å². The van der Waals surface area contributed by atoms with Gasteiger partial charge in [-0.05, 0) is 53.4 Å². The molecule has 1 heterocycles. The molecule has 1 aliphatic rings. The first-order chi connectivity index (χ1) is 8.45. The highest BCUT2D eigenvalue weighted by Gasteiger charge is 2.46. The van der Waals surface area contributed by atoms with Crippen molar-refractivity contribution in [3.63, 3.8) is 0 Å². The molecule has 18 heavy (non-hydrogen) atoms. The van der Waals surface area contributed by atoms with Gasteiger partial charge in [0, 0.05) is 7.11 Å². The van der Waals surface area contributed by atoms with E-state index in [4.69, 9.17) is 9.47 Å². The third-order valence-corrected chi connectivity index (χ3v) is 3.59. The maximum absolute atomic E-state index is 5.59. The molecule has 1 fully saturated rings. The zero-order chi connectivity index (χ0) is 13.6. The summed E-state index contributed by atoms with van der Waals surface area (Å²) < 4.78 is 10.6. The summed E-state index contributed by atoms with van der Waals surface area (Å²) in [7, 11) is 1.73. The number of methoxy groups -OCH3 is 1. The molecule has 1 saturated heterocycles. The van der Waals surface area contributed by atoms with E-state index < -0.39 is 0 Å². The lowest BCUT2D eigenvalue weighted by Gasteiger charge is -2.02. The molecule has 0 aromatic rings. The molecule has 1 aliphatic heterocycles. The monoisotopic (exact) mass is 252 g/mol. The maximum atomic E-state index is 5.59. The first-order valence-corrected chi connectivity index (χ1v) is 6.93. The van der Waals surface area contributed by atoms with Crippen LogP contribution in [-0.4, -0.2) is 25.4 Å². The smallest absolute Gasteiger partial charge is 0.0892 e. The van der Waals surface area contributed by atoms with Crippen molar-refractivity contribution in [2.75, 3.05) is 13.7 Å². The number of epoxide rings is 1. The molecule has 1 atom stereocenters. The number of allylic oxidation sites excluding steroid dienone is 3. The van der Waals surface area contributed by atoms with Gasteiger partial charge in [0.2, 0.25) is 0 Å². The Balaban J connectivity index is 2.14. The van der Waals surface area contributed by atoms with Crippen molar-refractivity contribution in [1.29, 1.82) is 0 Å². The van der Waals surface area contributed by atoms with Crippen molar-refractivity contribution in [3.8, 4) is 0 Å². The molecule has 0 N–H and O–H groups in total. The molecule has 0 saturated carbocycles. The van der Waals surface area contributed by atoms with Crippen LogP contribution in [0, 0.1) is 0 Å². The Hall–Kier alpha value is -0.600. The average molecular weight is 252 g/mol. The summed E-state index contributed by atoms with van der Waals surface area (Å²) in [4.78, 5) is 0. The first kappa shape index (κ1) is 15.5.